The second kappa shape index (κ2) is 5.61. The molecule has 0 bridgehead atoms. The molecule has 0 heterocycles. The van der Waals surface area contributed by atoms with Gasteiger partial charge in [-0.2, -0.15) is 0 Å². The lowest BCUT2D eigenvalue weighted by molar-refractivity contribution is 0.112. The third kappa shape index (κ3) is 2.78. The van der Waals surface area contributed by atoms with E-state index in [0.29, 0.717) is 22.4 Å². The first-order valence-corrected chi connectivity index (χ1v) is 5.67. The zero-order valence-corrected chi connectivity index (χ0v) is 10.3. The molecule has 0 aliphatic heterocycles. The van der Waals surface area contributed by atoms with Crippen LogP contribution in [-0.4, -0.2) is 13.4 Å². The van der Waals surface area contributed by atoms with Crippen LogP contribution in [0.15, 0.2) is 42.5 Å². The van der Waals surface area contributed by atoms with Gasteiger partial charge in [-0.15, -0.1) is 0 Å². The largest absolute Gasteiger partial charge is 0.497 e. The predicted octanol–water partition coefficient (Wildman–Crippen LogP) is 4.11. The van der Waals surface area contributed by atoms with Crippen molar-refractivity contribution in [3.05, 3.63) is 53.6 Å². The average molecular weight is 262 g/mol. The van der Waals surface area contributed by atoms with Gasteiger partial charge in [-0.3, -0.25) is 4.79 Å². The van der Waals surface area contributed by atoms with Crippen molar-refractivity contribution in [2.24, 2.45) is 0 Å². The van der Waals surface area contributed by atoms with E-state index in [9.17, 15) is 13.6 Å². The minimum atomic E-state index is -2.50. The highest BCUT2D eigenvalue weighted by Gasteiger charge is 2.09. The van der Waals surface area contributed by atoms with Gasteiger partial charge in [-0.1, -0.05) is 24.3 Å². The van der Waals surface area contributed by atoms with Crippen LogP contribution in [0, 0.1) is 0 Å². The molecule has 0 spiro atoms. The number of halogens is 2. The van der Waals surface area contributed by atoms with Crippen LogP contribution in [0.5, 0.6) is 5.75 Å². The molecule has 0 aliphatic carbocycles. The number of carbonyl (C=O) groups is 1. The smallest absolute Gasteiger partial charge is 0.263 e. The lowest BCUT2D eigenvalue weighted by Crippen LogP contribution is -1.91. The zero-order valence-electron chi connectivity index (χ0n) is 10.3. The molecule has 19 heavy (non-hydrogen) atoms. The highest BCUT2D eigenvalue weighted by molar-refractivity contribution is 5.88. The van der Waals surface area contributed by atoms with Crippen LogP contribution in [0.25, 0.3) is 11.1 Å². The number of hydrogen-bond acceptors (Lipinski definition) is 2. The molecule has 0 fully saturated rings. The minimum absolute atomic E-state index is 0.0423. The standard InChI is InChI=1S/C15H12F2O2/c1-19-13-7-6-12(9-18)14(8-13)10-2-4-11(5-3-10)15(16)17/h2-9,15H,1H3. The van der Waals surface area contributed by atoms with Crippen molar-refractivity contribution in [3.63, 3.8) is 0 Å². The Hall–Kier alpha value is -2.23. The summed E-state index contributed by atoms with van der Waals surface area (Å²) in [6.45, 7) is 0. The molecule has 0 aromatic heterocycles. The van der Waals surface area contributed by atoms with E-state index in [4.69, 9.17) is 4.74 Å². The fourth-order valence-electron chi connectivity index (χ4n) is 1.82. The first-order chi connectivity index (χ1) is 9.15. The molecule has 2 nitrogen and oxygen atoms in total. The zero-order chi connectivity index (χ0) is 13.8. The summed E-state index contributed by atoms with van der Waals surface area (Å²) in [5.74, 6) is 0.610. The van der Waals surface area contributed by atoms with E-state index in [1.807, 2.05) is 0 Å². The van der Waals surface area contributed by atoms with Gasteiger partial charge >= 0.3 is 0 Å². The minimum Gasteiger partial charge on any atom is -0.497 e. The van der Waals surface area contributed by atoms with Gasteiger partial charge < -0.3 is 4.74 Å². The van der Waals surface area contributed by atoms with Crippen molar-refractivity contribution in [3.8, 4) is 16.9 Å². The molecular weight excluding hydrogens is 250 g/mol. The molecule has 0 atom stereocenters. The molecule has 0 saturated heterocycles. The maximum atomic E-state index is 12.5. The topological polar surface area (TPSA) is 26.3 Å². The molecule has 0 unspecified atom stereocenters. The lowest BCUT2D eigenvalue weighted by atomic mass is 9.99. The lowest BCUT2D eigenvalue weighted by Gasteiger charge is -2.08. The average Bonchev–Trinajstić information content (AvgIpc) is 2.46. The van der Waals surface area contributed by atoms with Crippen LogP contribution in [0.4, 0.5) is 8.78 Å². The van der Waals surface area contributed by atoms with Crippen molar-refractivity contribution < 1.29 is 18.3 Å². The molecule has 4 heteroatoms. The SMILES string of the molecule is COc1ccc(C=O)c(-c2ccc(C(F)F)cc2)c1. The first kappa shape index (κ1) is 13.2. The van der Waals surface area contributed by atoms with Crippen molar-refractivity contribution in [2.45, 2.75) is 6.43 Å². The number of benzene rings is 2. The van der Waals surface area contributed by atoms with Gasteiger partial charge in [0, 0.05) is 11.1 Å². The Bertz CT molecular complexity index is 577. The summed E-state index contributed by atoms with van der Waals surface area (Å²) in [5, 5.41) is 0. The number of carbonyl (C=O) groups excluding carboxylic acids is 1. The fourth-order valence-corrected chi connectivity index (χ4v) is 1.82. The quantitative estimate of drug-likeness (QED) is 0.775. The number of aldehydes is 1. The fraction of sp³-hybridized carbons (Fsp3) is 0.133. The van der Waals surface area contributed by atoms with E-state index < -0.39 is 6.43 Å². The summed E-state index contributed by atoms with van der Waals surface area (Å²) in [7, 11) is 1.53. The molecule has 0 aliphatic rings. The van der Waals surface area contributed by atoms with Crippen LogP contribution >= 0.6 is 0 Å². The monoisotopic (exact) mass is 262 g/mol. The van der Waals surface area contributed by atoms with Gasteiger partial charge in [-0.25, -0.2) is 8.78 Å². The normalized spacial score (nSPS) is 10.5. The third-order valence-electron chi connectivity index (χ3n) is 2.86. The van der Waals surface area contributed by atoms with E-state index in [-0.39, 0.29) is 5.56 Å². The Morgan fingerprint density at radius 1 is 1.11 bits per heavy atom. The Morgan fingerprint density at radius 2 is 1.79 bits per heavy atom. The molecular formula is C15H12F2O2. The van der Waals surface area contributed by atoms with Crippen molar-refractivity contribution in [1.82, 2.24) is 0 Å². The van der Waals surface area contributed by atoms with Crippen LogP contribution in [0.2, 0.25) is 0 Å². The highest BCUT2D eigenvalue weighted by Crippen LogP contribution is 2.29. The molecule has 0 amide bonds. The Labute approximate surface area is 109 Å². The molecule has 0 N–H and O–H groups in total. The van der Waals surface area contributed by atoms with Crippen LogP contribution < -0.4 is 4.74 Å². The molecule has 2 aromatic carbocycles. The van der Waals surface area contributed by atoms with Crippen molar-refractivity contribution in [2.75, 3.05) is 7.11 Å². The molecule has 0 radical (unpaired) electrons. The van der Waals surface area contributed by atoms with Gasteiger partial charge in [0.15, 0.2) is 6.29 Å². The summed E-state index contributed by atoms with van der Waals surface area (Å²) in [6, 6.07) is 10.9. The first-order valence-electron chi connectivity index (χ1n) is 5.67. The summed E-state index contributed by atoms with van der Waals surface area (Å²) in [6.07, 6.45) is -1.76. The van der Waals surface area contributed by atoms with Gasteiger partial charge in [-0.05, 0) is 29.3 Å². The second-order valence-electron chi connectivity index (χ2n) is 3.99. The van der Waals surface area contributed by atoms with Gasteiger partial charge in [0.05, 0.1) is 7.11 Å². The molecule has 0 saturated carbocycles. The Morgan fingerprint density at radius 3 is 2.32 bits per heavy atom. The molecule has 2 aromatic rings. The summed E-state index contributed by atoms with van der Waals surface area (Å²) < 4.78 is 30.1. The van der Waals surface area contributed by atoms with E-state index in [0.717, 1.165) is 6.29 Å². The third-order valence-corrected chi connectivity index (χ3v) is 2.86. The van der Waals surface area contributed by atoms with E-state index in [1.54, 1.807) is 30.3 Å². The van der Waals surface area contributed by atoms with Crippen molar-refractivity contribution >= 4 is 6.29 Å². The van der Waals surface area contributed by atoms with Gasteiger partial charge in [0.25, 0.3) is 6.43 Å². The number of methoxy groups -OCH3 is 1. The Kier molecular flexibility index (Phi) is 3.90. The van der Waals surface area contributed by atoms with Crippen LogP contribution in [0.3, 0.4) is 0 Å². The Balaban J connectivity index is 2.47. The van der Waals surface area contributed by atoms with Crippen molar-refractivity contribution in [1.29, 1.82) is 0 Å². The van der Waals surface area contributed by atoms with E-state index in [1.165, 1.54) is 19.2 Å². The van der Waals surface area contributed by atoms with E-state index >= 15 is 0 Å². The van der Waals surface area contributed by atoms with Crippen LogP contribution in [-0.2, 0) is 0 Å². The van der Waals surface area contributed by atoms with Gasteiger partial charge in [0.2, 0.25) is 0 Å². The number of hydrogen-bond donors (Lipinski definition) is 0. The summed E-state index contributed by atoms with van der Waals surface area (Å²) >= 11 is 0. The number of alkyl halides is 2. The molecule has 2 rings (SSSR count). The predicted molar refractivity (Wildman–Crippen MR) is 68.8 cm³/mol. The number of ether oxygens (including phenoxy) is 1. The van der Waals surface area contributed by atoms with Crippen LogP contribution in [0.1, 0.15) is 22.3 Å². The summed E-state index contributed by atoms with van der Waals surface area (Å²) in [5.41, 5.74) is 1.81. The van der Waals surface area contributed by atoms with Gasteiger partial charge in [0.1, 0.15) is 5.75 Å². The maximum absolute atomic E-state index is 12.5. The maximum Gasteiger partial charge on any atom is 0.263 e. The molecule has 98 valence electrons. The highest BCUT2D eigenvalue weighted by atomic mass is 19.3. The van der Waals surface area contributed by atoms with E-state index in [2.05, 4.69) is 0 Å². The number of rotatable bonds is 4. The second-order valence-corrected chi connectivity index (χ2v) is 3.99. The summed E-state index contributed by atoms with van der Waals surface area (Å²) in [4.78, 5) is 11.0.